The molecule has 0 bridgehead atoms. The molecule has 0 unspecified atom stereocenters. The maximum Gasteiger partial charge on any atom is 0.191 e. The number of aryl methyl sites for hydroxylation is 1. The lowest BCUT2D eigenvalue weighted by Gasteiger charge is -2.24. The molecule has 2 heterocycles. The molecule has 0 aliphatic heterocycles. The second kappa shape index (κ2) is 8.96. The normalized spacial score (nSPS) is 12.4. The van der Waals surface area contributed by atoms with E-state index >= 15 is 0 Å². The fourth-order valence-electron chi connectivity index (χ4n) is 2.04. The van der Waals surface area contributed by atoms with Gasteiger partial charge >= 0.3 is 0 Å². The molecule has 2 rings (SSSR count). The zero-order chi connectivity index (χ0) is 18.3. The molecule has 2 aromatic rings. The lowest BCUT2D eigenvalue weighted by Crippen LogP contribution is -2.45. The monoisotopic (exact) mass is 364 g/mol. The molecule has 0 amide bonds. The van der Waals surface area contributed by atoms with Crippen LogP contribution in [0.5, 0.6) is 0 Å². The maximum atomic E-state index is 5.47. The molecule has 0 saturated heterocycles. The van der Waals surface area contributed by atoms with Gasteiger partial charge in [-0.3, -0.25) is 0 Å². The van der Waals surface area contributed by atoms with E-state index in [1.165, 1.54) is 4.88 Å². The molecule has 138 valence electrons. The van der Waals surface area contributed by atoms with Gasteiger partial charge in [0.05, 0.1) is 5.60 Å². The molecule has 0 aliphatic carbocycles. The third-order valence-electron chi connectivity index (χ3n) is 4.04. The van der Waals surface area contributed by atoms with E-state index in [0.29, 0.717) is 13.1 Å². The summed E-state index contributed by atoms with van der Waals surface area (Å²) in [5.74, 6) is 2.47. The number of aromatic nitrogens is 3. The molecule has 2 N–H and O–H groups in total. The molecular formula is C17H28N6OS. The molecule has 8 heteroatoms. The first-order chi connectivity index (χ1) is 11.9. The van der Waals surface area contributed by atoms with Gasteiger partial charge in [-0.1, -0.05) is 6.07 Å². The van der Waals surface area contributed by atoms with Crippen LogP contribution in [0, 0.1) is 6.92 Å². The Morgan fingerprint density at radius 2 is 2.16 bits per heavy atom. The van der Waals surface area contributed by atoms with Crippen LogP contribution in [0.2, 0.25) is 0 Å². The summed E-state index contributed by atoms with van der Waals surface area (Å²) in [6.07, 6.45) is 0.967. The fourth-order valence-corrected chi connectivity index (χ4v) is 2.75. The number of hydrogen-bond donors (Lipinski definition) is 2. The first kappa shape index (κ1) is 19.4. The second-order valence-electron chi connectivity index (χ2n) is 6.46. The van der Waals surface area contributed by atoms with Gasteiger partial charge < -0.3 is 19.9 Å². The number of thiophene rings is 1. The van der Waals surface area contributed by atoms with Gasteiger partial charge in [-0.15, -0.1) is 21.5 Å². The van der Waals surface area contributed by atoms with E-state index in [4.69, 9.17) is 4.74 Å². The van der Waals surface area contributed by atoms with Crippen LogP contribution in [0.25, 0.3) is 0 Å². The van der Waals surface area contributed by atoms with Crippen LogP contribution in [0.1, 0.15) is 30.4 Å². The highest BCUT2D eigenvalue weighted by molar-refractivity contribution is 7.09. The summed E-state index contributed by atoms with van der Waals surface area (Å²) in [5, 5.41) is 17.1. The Kier molecular flexibility index (Phi) is 6.95. The van der Waals surface area contributed by atoms with E-state index in [0.717, 1.165) is 30.6 Å². The summed E-state index contributed by atoms with van der Waals surface area (Å²) >= 11 is 1.77. The Labute approximate surface area is 153 Å². The molecule has 0 atom stereocenters. The molecule has 0 spiro atoms. The van der Waals surface area contributed by atoms with Crippen molar-refractivity contribution < 1.29 is 4.74 Å². The number of methoxy groups -OCH3 is 1. The number of hydrogen-bond acceptors (Lipinski definition) is 5. The van der Waals surface area contributed by atoms with Gasteiger partial charge in [0.1, 0.15) is 12.4 Å². The highest BCUT2D eigenvalue weighted by Gasteiger charge is 2.16. The van der Waals surface area contributed by atoms with Crippen molar-refractivity contribution in [2.75, 3.05) is 20.2 Å². The van der Waals surface area contributed by atoms with Gasteiger partial charge in [-0.05, 0) is 38.6 Å². The highest BCUT2D eigenvalue weighted by Crippen LogP contribution is 2.08. The van der Waals surface area contributed by atoms with E-state index in [1.54, 1.807) is 18.4 Å². The summed E-state index contributed by atoms with van der Waals surface area (Å²) in [7, 11) is 3.66. The number of ether oxygens (including phenoxy) is 1. The first-order valence-electron chi connectivity index (χ1n) is 8.36. The van der Waals surface area contributed by atoms with Crippen LogP contribution >= 0.6 is 11.3 Å². The van der Waals surface area contributed by atoms with Gasteiger partial charge in [0.25, 0.3) is 0 Å². The van der Waals surface area contributed by atoms with Crippen molar-refractivity contribution in [3.63, 3.8) is 0 Å². The van der Waals surface area contributed by atoms with Crippen LogP contribution in [0.15, 0.2) is 22.5 Å². The van der Waals surface area contributed by atoms with Crippen molar-refractivity contribution >= 4 is 17.3 Å². The van der Waals surface area contributed by atoms with E-state index in [2.05, 4.69) is 43.3 Å². The minimum absolute atomic E-state index is 0.266. The lowest BCUT2D eigenvalue weighted by molar-refractivity contribution is 0.0268. The Morgan fingerprint density at radius 3 is 2.76 bits per heavy atom. The zero-order valence-electron chi connectivity index (χ0n) is 15.7. The number of guanidine groups is 1. The van der Waals surface area contributed by atoms with Crippen LogP contribution in [-0.2, 0) is 24.8 Å². The SMILES string of the molecule is COC(C)(C)CNC(=NCc1nnc(C)n1C)NCCc1cccs1. The maximum absolute atomic E-state index is 5.47. The molecule has 0 aliphatic rings. The summed E-state index contributed by atoms with van der Waals surface area (Å²) in [4.78, 5) is 6.00. The van der Waals surface area contributed by atoms with Gasteiger partial charge in [0.15, 0.2) is 11.8 Å². The van der Waals surface area contributed by atoms with Crippen LogP contribution in [-0.4, -0.2) is 46.5 Å². The van der Waals surface area contributed by atoms with E-state index in [1.807, 2.05) is 32.4 Å². The third-order valence-corrected chi connectivity index (χ3v) is 4.98. The molecule has 0 aromatic carbocycles. The molecule has 2 aromatic heterocycles. The quantitative estimate of drug-likeness (QED) is 0.553. The molecule has 0 fully saturated rings. The van der Waals surface area contributed by atoms with Crippen molar-refractivity contribution in [3.8, 4) is 0 Å². The zero-order valence-corrected chi connectivity index (χ0v) is 16.5. The van der Waals surface area contributed by atoms with E-state index < -0.39 is 0 Å². The van der Waals surface area contributed by atoms with Gasteiger partial charge in [0.2, 0.25) is 0 Å². The first-order valence-corrected chi connectivity index (χ1v) is 9.24. The summed E-state index contributed by atoms with van der Waals surface area (Å²) in [6.45, 7) is 7.95. The van der Waals surface area contributed by atoms with Gasteiger partial charge in [0, 0.05) is 32.1 Å². The minimum Gasteiger partial charge on any atom is -0.377 e. The Bertz CT molecular complexity index is 677. The van der Waals surface area contributed by atoms with Crippen molar-refractivity contribution in [3.05, 3.63) is 34.0 Å². The van der Waals surface area contributed by atoms with E-state index in [9.17, 15) is 0 Å². The Morgan fingerprint density at radius 1 is 1.36 bits per heavy atom. The third kappa shape index (κ3) is 6.13. The summed E-state index contributed by atoms with van der Waals surface area (Å²) in [6, 6.07) is 4.22. The second-order valence-corrected chi connectivity index (χ2v) is 7.49. The van der Waals surface area contributed by atoms with Crippen molar-refractivity contribution in [2.24, 2.45) is 12.0 Å². The fraction of sp³-hybridized carbons (Fsp3) is 0.588. The number of rotatable bonds is 8. The standard InChI is InChI=1S/C17H28N6OS/c1-13-21-22-15(23(13)4)11-19-16(20-12-17(2,3)24-5)18-9-8-14-7-6-10-25-14/h6-7,10H,8-9,11-12H2,1-5H3,(H2,18,19,20). The van der Waals surface area contributed by atoms with Crippen LogP contribution < -0.4 is 10.6 Å². The van der Waals surface area contributed by atoms with Crippen molar-refractivity contribution in [1.82, 2.24) is 25.4 Å². The van der Waals surface area contributed by atoms with Crippen molar-refractivity contribution in [2.45, 2.75) is 39.3 Å². The number of nitrogens with zero attached hydrogens (tertiary/aromatic N) is 4. The molecule has 7 nitrogen and oxygen atoms in total. The molecule has 25 heavy (non-hydrogen) atoms. The van der Waals surface area contributed by atoms with Crippen LogP contribution in [0.4, 0.5) is 0 Å². The smallest absolute Gasteiger partial charge is 0.191 e. The summed E-state index contributed by atoms with van der Waals surface area (Å²) in [5.41, 5.74) is -0.266. The molecule has 0 saturated carbocycles. The largest absolute Gasteiger partial charge is 0.377 e. The topological polar surface area (TPSA) is 76.4 Å². The predicted octanol–water partition coefficient (Wildman–Crippen LogP) is 1.89. The lowest BCUT2D eigenvalue weighted by atomic mass is 10.1. The average molecular weight is 365 g/mol. The van der Waals surface area contributed by atoms with Crippen LogP contribution in [0.3, 0.4) is 0 Å². The number of aliphatic imine (C=N–C) groups is 1. The highest BCUT2D eigenvalue weighted by atomic mass is 32.1. The van der Waals surface area contributed by atoms with Gasteiger partial charge in [-0.2, -0.15) is 0 Å². The Hall–Kier alpha value is -1.93. The predicted molar refractivity (Wildman–Crippen MR) is 102 cm³/mol. The van der Waals surface area contributed by atoms with Crippen molar-refractivity contribution in [1.29, 1.82) is 0 Å². The number of nitrogens with one attached hydrogen (secondary N) is 2. The van der Waals surface area contributed by atoms with Gasteiger partial charge in [-0.25, -0.2) is 4.99 Å². The summed E-state index contributed by atoms with van der Waals surface area (Å²) < 4.78 is 7.42. The Balaban J connectivity index is 1.96. The van der Waals surface area contributed by atoms with E-state index in [-0.39, 0.29) is 5.60 Å². The average Bonchev–Trinajstić information content (AvgIpc) is 3.21. The molecular weight excluding hydrogens is 336 g/mol. The molecule has 0 radical (unpaired) electrons. The minimum atomic E-state index is -0.266.